The van der Waals surface area contributed by atoms with Crippen LogP contribution in [0.15, 0.2) is 18.3 Å². The number of hydrogen-bond acceptors (Lipinski definition) is 3. The zero-order valence-corrected chi connectivity index (χ0v) is 12.7. The molecule has 2 atom stereocenters. The molecule has 3 nitrogen and oxygen atoms in total. The molecule has 0 spiro atoms. The van der Waals surface area contributed by atoms with Crippen molar-refractivity contribution < 1.29 is 0 Å². The van der Waals surface area contributed by atoms with Crippen molar-refractivity contribution in [3.8, 4) is 0 Å². The second-order valence-electron chi connectivity index (χ2n) is 6.39. The summed E-state index contributed by atoms with van der Waals surface area (Å²) in [5, 5.41) is 3.43. The van der Waals surface area contributed by atoms with Gasteiger partial charge < -0.3 is 10.2 Å². The summed E-state index contributed by atoms with van der Waals surface area (Å²) in [5.41, 5.74) is 2.46. The van der Waals surface area contributed by atoms with E-state index >= 15 is 0 Å². The smallest absolute Gasteiger partial charge is 0.0562 e. The van der Waals surface area contributed by atoms with Crippen LogP contribution in [0.25, 0.3) is 0 Å². The van der Waals surface area contributed by atoms with E-state index in [0.717, 1.165) is 24.1 Å². The third kappa shape index (κ3) is 4.20. The fourth-order valence-corrected chi connectivity index (χ4v) is 2.94. The van der Waals surface area contributed by atoms with Crippen LogP contribution < -0.4 is 10.2 Å². The zero-order valence-electron chi connectivity index (χ0n) is 12.7. The highest BCUT2D eigenvalue weighted by Crippen LogP contribution is 2.26. The van der Waals surface area contributed by atoms with Gasteiger partial charge in [-0.2, -0.15) is 0 Å². The van der Waals surface area contributed by atoms with E-state index in [1.165, 1.54) is 25.2 Å². The van der Waals surface area contributed by atoms with Crippen molar-refractivity contribution in [2.24, 2.45) is 11.8 Å². The minimum Gasteiger partial charge on any atom is -0.371 e. The highest BCUT2D eigenvalue weighted by atomic mass is 15.1. The van der Waals surface area contributed by atoms with Gasteiger partial charge in [0.15, 0.2) is 0 Å². The zero-order chi connectivity index (χ0) is 13.8. The molecule has 2 heterocycles. The number of rotatable bonds is 4. The molecule has 1 aromatic heterocycles. The van der Waals surface area contributed by atoms with E-state index < -0.39 is 0 Å². The number of nitrogens with one attached hydrogen (secondary N) is 1. The van der Waals surface area contributed by atoms with E-state index in [9.17, 15) is 0 Å². The van der Waals surface area contributed by atoms with Gasteiger partial charge in [-0.25, -0.2) is 0 Å². The predicted molar refractivity (Wildman–Crippen MR) is 81.4 cm³/mol. The molecule has 0 saturated carbocycles. The number of nitrogens with zero attached hydrogens (tertiary/aromatic N) is 2. The molecule has 0 aromatic carbocycles. The highest BCUT2D eigenvalue weighted by Gasteiger charge is 2.22. The average molecular weight is 261 g/mol. The summed E-state index contributed by atoms with van der Waals surface area (Å²) < 4.78 is 0. The Morgan fingerprint density at radius 1 is 1.32 bits per heavy atom. The molecule has 1 fully saturated rings. The minimum atomic E-state index is 0.500. The lowest BCUT2D eigenvalue weighted by Crippen LogP contribution is -2.38. The molecule has 1 aliphatic heterocycles. The Labute approximate surface area is 117 Å². The van der Waals surface area contributed by atoms with E-state index in [4.69, 9.17) is 0 Å². The average Bonchev–Trinajstić information content (AvgIpc) is 2.35. The second-order valence-corrected chi connectivity index (χ2v) is 6.39. The topological polar surface area (TPSA) is 28.2 Å². The van der Waals surface area contributed by atoms with Crippen LogP contribution in [0, 0.1) is 11.8 Å². The normalized spacial score (nSPS) is 23.9. The van der Waals surface area contributed by atoms with Crippen LogP contribution in [0.2, 0.25) is 0 Å². The maximum Gasteiger partial charge on any atom is 0.0562 e. The fourth-order valence-electron chi connectivity index (χ4n) is 2.94. The van der Waals surface area contributed by atoms with Crippen molar-refractivity contribution >= 4 is 5.69 Å². The molecule has 0 bridgehead atoms. The van der Waals surface area contributed by atoms with Gasteiger partial charge in [0.05, 0.1) is 5.69 Å². The fraction of sp³-hybridized carbons (Fsp3) is 0.688. The number of pyridine rings is 1. The maximum absolute atomic E-state index is 4.46. The predicted octanol–water partition coefficient (Wildman–Crippen LogP) is 3.06. The van der Waals surface area contributed by atoms with Crippen molar-refractivity contribution in [3.05, 3.63) is 24.0 Å². The molecular weight excluding hydrogens is 234 g/mol. The van der Waals surface area contributed by atoms with E-state index in [1.807, 2.05) is 6.20 Å². The van der Waals surface area contributed by atoms with Crippen molar-refractivity contribution in [2.75, 3.05) is 18.0 Å². The molecule has 19 heavy (non-hydrogen) atoms. The van der Waals surface area contributed by atoms with Gasteiger partial charge in [0.1, 0.15) is 0 Å². The summed E-state index contributed by atoms with van der Waals surface area (Å²) in [6, 6.07) is 4.88. The number of hydrogen-bond donors (Lipinski definition) is 1. The van der Waals surface area contributed by atoms with Crippen LogP contribution in [0.3, 0.4) is 0 Å². The minimum absolute atomic E-state index is 0.500. The molecule has 2 unspecified atom stereocenters. The lowest BCUT2D eigenvalue weighted by Gasteiger charge is -2.36. The summed E-state index contributed by atoms with van der Waals surface area (Å²) in [7, 11) is 0. The Morgan fingerprint density at radius 3 is 2.63 bits per heavy atom. The van der Waals surface area contributed by atoms with Crippen LogP contribution in [-0.4, -0.2) is 24.1 Å². The first kappa shape index (κ1) is 14.3. The lowest BCUT2D eigenvalue weighted by atomic mass is 9.91. The van der Waals surface area contributed by atoms with Gasteiger partial charge in [-0.05, 0) is 30.4 Å². The Bertz CT molecular complexity index is 393. The van der Waals surface area contributed by atoms with Crippen LogP contribution >= 0.6 is 0 Å². The summed E-state index contributed by atoms with van der Waals surface area (Å²) in [4.78, 5) is 6.97. The molecule has 0 aliphatic carbocycles. The first-order valence-electron chi connectivity index (χ1n) is 7.48. The van der Waals surface area contributed by atoms with E-state index in [1.54, 1.807) is 0 Å². The Kier molecular flexibility index (Phi) is 4.81. The summed E-state index contributed by atoms with van der Waals surface area (Å²) in [6.07, 6.45) is 3.29. The van der Waals surface area contributed by atoms with Crippen molar-refractivity contribution in [3.63, 3.8) is 0 Å². The highest BCUT2D eigenvalue weighted by molar-refractivity contribution is 5.47. The van der Waals surface area contributed by atoms with Crippen molar-refractivity contribution in [2.45, 2.75) is 46.7 Å². The van der Waals surface area contributed by atoms with E-state index in [2.05, 4.69) is 55.0 Å². The first-order chi connectivity index (χ1) is 9.04. The van der Waals surface area contributed by atoms with E-state index in [-0.39, 0.29) is 0 Å². The number of aromatic nitrogens is 1. The van der Waals surface area contributed by atoms with Crippen molar-refractivity contribution in [1.29, 1.82) is 0 Å². The SMILES string of the molecule is CC1CC(C)CN(c2ccnc(CNC(C)C)c2)C1. The van der Waals surface area contributed by atoms with Crippen LogP contribution in [0.5, 0.6) is 0 Å². The van der Waals surface area contributed by atoms with Gasteiger partial charge in [0.2, 0.25) is 0 Å². The van der Waals surface area contributed by atoms with Crippen molar-refractivity contribution in [1.82, 2.24) is 10.3 Å². The Hall–Kier alpha value is -1.09. The quantitative estimate of drug-likeness (QED) is 0.903. The monoisotopic (exact) mass is 261 g/mol. The first-order valence-corrected chi connectivity index (χ1v) is 7.48. The van der Waals surface area contributed by atoms with Gasteiger partial charge in [-0.1, -0.05) is 27.7 Å². The summed E-state index contributed by atoms with van der Waals surface area (Å²) in [6.45, 7) is 12.2. The van der Waals surface area contributed by atoms with Gasteiger partial charge in [0, 0.05) is 37.6 Å². The third-order valence-corrected chi connectivity index (χ3v) is 3.73. The molecule has 1 aliphatic rings. The molecule has 2 rings (SSSR count). The molecule has 1 aromatic rings. The Morgan fingerprint density at radius 2 is 2.00 bits per heavy atom. The maximum atomic E-state index is 4.46. The summed E-state index contributed by atoms with van der Waals surface area (Å²) in [5.74, 6) is 1.57. The molecule has 0 amide bonds. The molecular formula is C16H27N3. The molecule has 1 saturated heterocycles. The number of anilines is 1. The second kappa shape index (κ2) is 6.38. The van der Waals surface area contributed by atoms with Gasteiger partial charge in [-0.15, -0.1) is 0 Å². The molecule has 3 heteroatoms. The van der Waals surface area contributed by atoms with Crippen LogP contribution in [-0.2, 0) is 6.54 Å². The van der Waals surface area contributed by atoms with Crippen LogP contribution in [0.1, 0.15) is 39.8 Å². The summed E-state index contributed by atoms with van der Waals surface area (Å²) >= 11 is 0. The third-order valence-electron chi connectivity index (χ3n) is 3.73. The number of piperidine rings is 1. The standard InChI is InChI=1S/C16H27N3/c1-12(2)18-9-15-8-16(5-6-17-15)19-10-13(3)7-14(4)11-19/h5-6,8,12-14,18H,7,9-11H2,1-4H3. The van der Waals surface area contributed by atoms with Gasteiger partial charge in [0.25, 0.3) is 0 Å². The van der Waals surface area contributed by atoms with Gasteiger partial charge >= 0.3 is 0 Å². The Balaban J connectivity index is 2.05. The van der Waals surface area contributed by atoms with E-state index in [0.29, 0.717) is 6.04 Å². The molecule has 1 N–H and O–H groups in total. The molecule has 0 radical (unpaired) electrons. The van der Waals surface area contributed by atoms with Gasteiger partial charge in [-0.3, -0.25) is 4.98 Å². The molecule has 106 valence electrons. The largest absolute Gasteiger partial charge is 0.371 e. The lowest BCUT2D eigenvalue weighted by molar-refractivity contribution is 0.357. The van der Waals surface area contributed by atoms with Crippen LogP contribution in [0.4, 0.5) is 5.69 Å².